The first-order valence-electron chi connectivity index (χ1n) is 7.51. The van der Waals surface area contributed by atoms with Crippen molar-refractivity contribution in [1.82, 2.24) is 9.78 Å². The number of hydrogen-bond donors (Lipinski definition) is 3. The molecule has 0 bridgehead atoms. The average molecular weight is 323 g/mol. The van der Waals surface area contributed by atoms with Crippen LogP contribution in [0.1, 0.15) is 18.2 Å². The Morgan fingerprint density at radius 3 is 2.83 bits per heavy atom. The van der Waals surface area contributed by atoms with E-state index in [0.717, 1.165) is 17.8 Å². The van der Waals surface area contributed by atoms with Gasteiger partial charge in [0.2, 0.25) is 0 Å². The molecule has 0 amide bonds. The van der Waals surface area contributed by atoms with Crippen LogP contribution in [0.3, 0.4) is 0 Å². The lowest BCUT2D eigenvalue weighted by molar-refractivity contribution is 0.105. The number of aryl methyl sites for hydroxylation is 2. The number of rotatable bonds is 8. The van der Waals surface area contributed by atoms with E-state index in [9.17, 15) is 9.50 Å². The number of aliphatic hydroxyl groups is 2. The zero-order chi connectivity index (χ0) is 16.8. The van der Waals surface area contributed by atoms with E-state index >= 15 is 0 Å². The van der Waals surface area contributed by atoms with Gasteiger partial charge in [0, 0.05) is 36.6 Å². The molecule has 0 aliphatic rings. The number of ether oxygens (including phenoxy) is 1. The van der Waals surface area contributed by atoms with Crippen LogP contribution in [0.25, 0.3) is 0 Å². The van der Waals surface area contributed by atoms with Crippen LogP contribution in [-0.4, -0.2) is 39.2 Å². The molecular formula is C16H22FN3O3. The molecular weight excluding hydrogens is 301 g/mol. The van der Waals surface area contributed by atoms with Gasteiger partial charge in [0.15, 0.2) is 11.6 Å². The topological polar surface area (TPSA) is 79.5 Å². The molecule has 1 aromatic carbocycles. The molecule has 2 rings (SSSR count). The fourth-order valence-electron chi connectivity index (χ4n) is 2.05. The van der Waals surface area contributed by atoms with Gasteiger partial charge in [-0.3, -0.25) is 4.68 Å². The molecule has 126 valence electrons. The second kappa shape index (κ2) is 7.94. The lowest BCUT2D eigenvalue weighted by atomic mass is 10.2. The monoisotopic (exact) mass is 323 g/mol. The van der Waals surface area contributed by atoms with Gasteiger partial charge < -0.3 is 20.3 Å². The largest absolute Gasteiger partial charge is 0.486 e. The quantitative estimate of drug-likeness (QED) is 0.689. The Bertz CT molecular complexity index is 645. The summed E-state index contributed by atoms with van der Waals surface area (Å²) in [6.45, 7) is 4.71. The number of nitrogens with zero attached hydrogens (tertiary/aromatic N) is 2. The average Bonchev–Trinajstić information content (AvgIpc) is 2.91. The van der Waals surface area contributed by atoms with Gasteiger partial charge in [0.1, 0.15) is 6.61 Å². The molecule has 0 spiro atoms. The van der Waals surface area contributed by atoms with Gasteiger partial charge in [-0.25, -0.2) is 4.39 Å². The van der Waals surface area contributed by atoms with Gasteiger partial charge in [-0.2, -0.15) is 5.10 Å². The number of benzene rings is 1. The van der Waals surface area contributed by atoms with Crippen molar-refractivity contribution < 1.29 is 19.3 Å². The fourth-order valence-corrected chi connectivity index (χ4v) is 2.05. The lowest BCUT2D eigenvalue weighted by Gasteiger charge is -2.12. The van der Waals surface area contributed by atoms with Crippen LogP contribution in [-0.2, 0) is 13.2 Å². The molecule has 1 aromatic heterocycles. The van der Waals surface area contributed by atoms with Gasteiger partial charge in [-0.15, -0.1) is 0 Å². The molecule has 6 nitrogen and oxygen atoms in total. The number of aromatic nitrogens is 2. The molecule has 0 saturated heterocycles. The summed E-state index contributed by atoms with van der Waals surface area (Å²) in [5.74, 6) is -0.337. The van der Waals surface area contributed by atoms with Gasteiger partial charge >= 0.3 is 0 Å². The third kappa shape index (κ3) is 4.67. The summed E-state index contributed by atoms with van der Waals surface area (Å²) < 4.78 is 21.4. The van der Waals surface area contributed by atoms with E-state index in [2.05, 4.69) is 10.4 Å². The van der Waals surface area contributed by atoms with Crippen LogP contribution in [0, 0.1) is 12.7 Å². The van der Waals surface area contributed by atoms with E-state index < -0.39 is 11.9 Å². The third-order valence-corrected chi connectivity index (χ3v) is 3.44. The van der Waals surface area contributed by atoms with E-state index in [4.69, 9.17) is 9.84 Å². The molecule has 3 N–H and O–H groups in total. The van der Waals surface area contributed by atoms with Crippen molar-refractivity contribution in [3.8, 4) is 5.75 Å². The minimum atomic E-state index is -0.882. The normalized spacial score (nSPS) is 12.2. The van der Waals surface area contributed by atoms with E-state index in [1.54, 1.807) is 6.07 Å². The van der Waals surface area contributed by atoms with Crippen LogP contribution in [0.4, 0.5) is 10.1 Å². The maximum atomic E-state index is 14.0. The number of aliphatic hydroxyl groups excluding tert-OH is 2. The van der Waals surface area contributed by atoms with Crippen molar-refractivity contribution in [2.24, 2.45) is 0 Å². The van der Waals surface area contributed by atoms with Crippen LogP contribution in [0.15, 0.2) is 24.4 Å². The summed E-state index contributed by atoms with van der Waals surface area (Å²) in [5, 5.41) is 25.2. The predicted molar refractivity (Wildman–Crippen MR) is 85.0 cm³/mol. The van der Waals surface area contributed by atoms with Crippen molar-refractivity contribution >= 4 is 5.69 Å². The molecule has 1 unspecified atom stereocenters. The Morgan fingerprint density at radius 2 is 2.22 bits per heavy atom. The highest BCUT2D eigenvalue weighted by atomic mass is 19.1. The molecule has 23 heavy (non-hydrogen) atoms. The second-order valence-corrected chi connectivity index (χ2v) is 5.25. The lowest BCUT2D eigenvalue weighted by Crippen LogP contribution is -2.22. The van der Waals surface area contributed by atoms with Gasteiger partial charge in [0.25, 0.3) is 0 Å². The molecule has 0 aliphatic heterocycles. The number of hydrogen-bond acceptors (Lipinski definition) is 5. The minimum Gasteiger partial charge on any atom is -0.486 e. The third-order valence-electron chi connectivity index (χ3n) is 3.44. The van der Waals surface area contributed by atoms with E-state index in [-0.39, 0.29) is 25.5 Å². The minimum absolute atomic E-state index is 0.144. The van der Waals surface area contributed by atoms with Crippen molar-refractivity contribution in [2.45, 2.75) is 33.1 Å². The molecule has 7 heteroatoms. The molecule has 0 aliphatic carbocycles. The van der Waals surface area contributed by atoms with Gasteiger partial charge in [-0.05, 0) is 26.0 Å². The molecule has 0 fully saturated rings. The van der Waals surface area contributed by atoms with Crippen molar-refractivity contribution in [3.05, 3.63) is 41.5 Å². The highest BCUT2D eigenvalue weighted by Gasteiger charge is 2.09. The Balaban J connectivity index is 1.96. The second-order valence-electron chi connectivity index (χ2n) is 5.25. The highest BCUT2D eigenvalue weighted by Crippen LogP contribution is 2.22. The van der Waals surface area contributed by atoms with E-state index in [1.165, 1.54) is 12.1 Å². The molecule has 0 saturated carbocycles. The molecule has 0 radical (unpaired) electrons. The van der Waals surface area contributed by atoms with Crippen LogP contribution >= 0.6 is 0 Å². The predicted octanol–water partition coefficient (Wildman–Crippen LogP) is 1.69. The maximum absolute atomic E-state index is 14.0. The first-order valence-corrected chi connectivity index (χ1v) is 7.51. The summed E-state index contributed by atoms with van der Waals surface area (Å²) in [6, 6.07) is 4.48. The van der Waals surface area contributed by atoms with Gasteiger partial charge in [0.05, 0.1) is 18.4 Å². The first-order chi connectivity index (χ1) is 11.0. The Hall–Kier alpha value is -2.12. The number of anilines is 1. The van der Waals surface area contributed by atoms with E-state index in [1.807, 2.05) is 24.7 Å². The van der Waals surface area contributed by atoms with Crippen molar-refractivity contribution in [2.75, 3.05) is 18.5 Å². The number of nitrogens with one attached hydrogen (secondary N) is 1. The van der Waals surface area contributed by atoms with Crippen molar-refractivity contribution in [3.63, 3.8) is 0 Å². The summed E-state index contributed by atoms with van der Waals surface area (Å²) in [4.78, 5) is 0. The molecule has 1 atom stereocenters. The summed E-state index contributed by atoms with van der Waals surface area (Å²) in [6.07, 6.45) is 1.01. The fraction of sp³-hybridized carbons (Fsp3) is 0.438. The first kappa shape index (κ1) is 17.2. The maximum Gasteiger partial charge on any atom is 0.167 e. The number of halogens is 1. The Morgan fingerprint density at radius 1 is 1.43 bits per heavy atom. The van der Waals surface area contributed by atoms with E-state index in [0.29, 0.717) is 5.69 Å². The van der Waals surface area contributed by atoms with Crippen LogP contribution in [0.5, 0.6) is 5.75 Å². The van der Waals surface area contributed by atoms with Gasteiger partial charge in [-0.1, -0.05) is 0 Å². The standard InChI is InChI=1S/C16H22FN3O3/c1-3-20-8-12(11(2)19-20)10-23-16-5-4-13(6-15(16)17)18-7-14(22)9-21/h4-6,8,14,18,21-22H,3,7,9-10H2,1-2H3. The zero-order valence-electron chi connectivity index (χ0n) is 13.3. The molecule has 1 heterocycles. The van der Waals surface area contributed by atoms with Crippen molar-refractivity contribution in [1.29, 1.82) is 0 Å². The summed E-state index contributed by atoms with van der Waals surface area (Å²) in [7, 11) is 0. The molecule has 2 aromatic rings. The smallest absolute Gasteiger partial charge is 0.167 e. The van der Waals surface area contributed by atoms with Crippen LogP contribution < -0.4 is 10.1 Å². The summed E-state index contributed by atoms with van der Waals surface area (Å²) >= 11 is 0. The highest BCUT2D eigenvalue weighted by molar-refractivity contribution is 5.47. The Kier molecular flexibility index (Phi) is 5.95. The van der Waals surface area contributed by atoms with Crippen LogP contribution in [0.2, 0.25) is 0 Å². The SMILES string of the molecule is CCn1cc(COc2ccc(NCC(O)CO)cc2F)c(C)n1. The zero-order valence-corrected chi connectivity index (χ0v) is 13.3. The summed E-state index contributed by atoms with van der Waals surface area (Å²) in [5.41, 5.74) is 2.29. The Labute approximate surface area is 134 Å².